The first-order chi connectivity index (χ1) is 12.9. The molecule has 1 fully saturated rings. The van der Waals surface area contributed by atoms with Crippen molar-refractivity contribution in [3.8, 4) is 0 Å². The summed E-state index contributed by atoms with van der Waals surface area (Å²) in [5.74, 6) is -0.687. The third-order valence-corrected chi connectivity index (χ3v) is 6.33. The number of hydrogen-bond donors (Lipinski definition) is 1. The van der Waals surface area contributed by atoms with Crippen molar-refractivity contribution in [1.29, 1.82) is 0 Å². The van der Waals surface area contributed by atoms with Gasteiger partial charge >= 0.3 is 0 Å². The van der Waals surface area contributed by atoms with Crippen LogP contribution in [0.1, 0.15) is 5.56 Å². The van der Waals surface area contributed by atoms with Crippen molar-refractivity contribution < 1.29 is 17.2 Å². The number of benzene rings is 2. The predicted octanol–water partition coefficient (Wildman–Crippen LogP) is 2.37. The van der Waals surface area contributed by atoms with Gasteiger partial charge in [0.25, 0.3) is 0 Å². The molecule has 0 bridgehead atoms. The summed E-state index contributed by atoms with van der Waals surface area (Å²) in [5.41, 5.74) is 0.977. The van der Waals surface area contributed by atoms with Crippen LogP contribution in [0.15, 0.2) is 47.4 Å². The van der Waals surface area contributed by atoms with Gasteiger partial charge in [-0.25, -0.2) is 21.9 Å². The molecule has 1 aliphatic heterocycles. The summed E-state index contributed by atoms with van der Waals surface area (Å²) >= 11 is 0. The quantitative estimate of drug-likeness (QED) is 0.816. The third-order valence-electron chi connectivity index (χ3n) is 4.71. The number of aryl methyl sites for hydroxylation is 1. The van der Waals surface area contributed by atoms with Crippen molar-refractivity contribution in [3.05, 3.63) is 59.7 Å². The molecule has 0 spiro atoms. The summed E-state index contributed by atoms with van der Waals surface area (Å²) in [5, 5.41) is 0. The second kappa shape index (κ2) is 8.33. The summed E-state index contributed by atoms with van der Waals surface area (Å²) in [6, 6.07) is 10.3. The average molecular weight is 395 g/mol. The summed E-state index contributed by atoms with van der Waals surface area (Å²) in [6.07, 6.45) is 0. The molecule has 5 nitrogen and oxygen atoms in total. The number of anilines is 1. The highest BCUT2D eigenvalue weighted by Gasteiger charge is 2.21. The fourth-order valence-electron chi connectivity index (χ4n) is 3.25. The van der Waals surface area contributed by atoms with Crippen LogP contribution in [0.25, 0.3) is 0 Å². The second-order valence-corrected chi connectivity index (χ2v) is 8.32. The van der Waals surface area contributed by atoms with E-state index in [2.05, 4.69) is 9.62 Å². The molecule has 0 aliphatic carbocycles. The molecule has 3 rings (SSSR count). The lowest BCUT2D eigenvalue weighted by molar-refractivity contribution is 0.261. The molecule has 2 aromatic carbocycles. The number of para-hydroxylation sites is 1. The Bertz CT molecular complexity index is 898. The minimum Gasteiger partial charge on any atom is -0.367 e. The Morgan fingerprint density at radius 2 is 1.74 bits per heavy atom. The summed E-state index contributed by atoms with van der Waals surface area (Å²) in [6.45, 7) is 5.22. The Morgan fingerprint density at radius 1 is 1.04 bits per heavy atom. The van der Waals surface area contributed by atoms with Crippen LogP contribution in [0, 0.1) is 18.6 Å². The van der Waals surface area contributed by atoms with Crippen LogP contribution in [0.5, 0.6) is 0 Å². The molecule has 2 aromatic rings. The maximum absolute atomic E-state index is 13.9. The first-order valence-corrected chi connectivity index (χ1v) is 10.3. The molecule has 1 saturated heterocycles. The zero-order valence-corrected chi connectivity index (χ0v) is 16.0. The molecule has 1 N–H and O–H groups in total. The molecule has 0 radical (unpaired) electrons. The number of sulfonamides is 1. The topological polar surface area (TPSA) is 52.7 Å². The predicted molar refractivity (Wildman–Crippen MR) is 101 cm³/mol. The fourth-order valence-corrected chi connectivity index (χ4v) is 4.50. The van der Waals surface area contributed by atoms with E-state index in [1.165, 1.54) is 18.2 Å². The summed E-state index contributed by atoms with van der Waals surface area (Å²) < 4.78 is 54.4. The molecule has 146 valence electrons. The van der Waals surface area contributed by atoms with E-state index in [-0.39, 0.29) is 17.3 Å². The highest BCUT2D eigenvalue weighted by Crippen LogP contribution is 2.20. The van der Waals surface area contributed by atoms with Crippen molar-refractivity contribution in [1.82, 2.24) is 9.62 Å². The lowest BCUT2D eigenvalue weighted by atomic mass is 10.2. The Labute approximate surface area is 158 Å². The molecule has 1 heterocycles. The molecule has 0 aromatic heterocycles. The minimum absolute atomic E-state index is 0.0910. The van der Waals surface area contributed by atoms with Crippen molar-refractivity contribution in [2.45, 2.75) is 11.8 Å². The zero-order chi connectivity index (χ0) is 19.4. The van der Waals surface area contributed by atoms with E-state index >= 15 is 0 Å². The monoisotopic (exact) mass is 395 g/mol. The second-order valence-electron chi connectivity index (χ2n) is 6.59. The van der Waals surface area contributed by atoms with E-state index in [4.69, 9.17) is 0 Å². The van der Waals surface area contributed by atoms with E-state index in [9.17, 15) is 17.2 Å². The van der Waals surface area contributed by atoms with E-state index in [1.54, 1.807) is 19.1 Å². The zero-order valence-electron chi connectivity index (χ0n) is 15.2. The van der Waals surface area contributed by atoms with Crippen molar-refractivity contribution in [3.63, 3.8) is 0 Å². The molecular weight excluding hydrogens is 372 g/mol. The van der Waals surface area contributed by atoms with Gasteiger partial charge in [-0.3, -0.25) is 4.90 Å². The number of nitrogens with one attached hydrogen (secondary N) is 1. The SMILES string of the molecule is Cc1cc(F)ccc1S(=O)(=O)NCCN1CCN(c2ccccc2F)CC1. The van der Waals surface area contributed by atoms with E-state index in [0.29, 0.717) is 30.9 Å². The van der Waals surface area contributed by atoms with Gasteiger partial charge in [0, 0.05) is 39.3 Å². The van der Waals surface area contributed by atoms with Gasteiger partial charge in [0.15, 0.2) is 0 Å². The van der Waals surface area contributed by atoms with Gasteiger partial charge in [-0.1, -0.05) is 12.1 Å². The number of nitrogens with zero attached hydrogens (tertiary/aromatic N) is 2. The summed E-state index contributed by atoms with van der Waals surface area (Å²) in [4.78, 5) is 4.23. The minimum atomic E-state index is -3.67. The van der Waals surface area contributed by atoms with Crippen molar-refractivity contribution >= 4 is 15.7 Å². The van der Waals surface area contributed by atoms with Gasteiger partial charge in [0.1, 0.15) is 11.6 Å². The van der Waals surface area contributed by atoms with Crippen LogP contribution in [0.2, 0.25) is 0 Å². The lowest BCUT2D eigenvalue weighted by Gasteiger charge is -2.36. The van der Waals surface area contributed by atoms with Gasteiger partial charge in [-0.2, -0.15) is 0 Å². The van der Waals surface area contributed by atoms with Crippen molar-refractivity contribution in [2.75, 3.05) is 44.2 Å². The number of halogens is 2. The molecule has 0 amide bonds. The molecule has 27 heavy (non-hydrogen) atoms. The normalized spacial score (nSPS) is 15.9. The fraction of sp³-hybridized carbons (Fsp3) is 0.368. The lowest BCUT2D eigenvalue weighted by Crippen LogP contribution is -2.48. The first-order valence-electron chi connectivity index (χ1n) is 8.84. The van der Waals surface area contributed by atoms with Crippen LogP contribution in [0.3, 0.4) is 0 Å². The Hall–Kier alpha value is -2.03. The van der Waals surface area contributed by atoms with Gasteiger partial charge in [0.05, 0.1) is 10.6 Å². The van der Waals surface area contributed by atoms with Crippen LogP contribution < -0.4 is 9.62 Å². The van der Waals surface area contributed by atoms with Gasteiger partial charge < -0.3 is 4.90 Å². The molecule has 0 saturated carbocycles. The first kappa shape index (κ1) is 19.7. The van der Waals surface area contributed by atoms with Gasteiger partial charge in [0.2, 0.25) is 10.0 Å². The number of rotatable bonds is 6. The Morgan fingerprint density at radius 3 is 2.41 bits per heavy atom. The van der Waals surface area contributed by atoms with E-state index < -0.39 is 15.8 Å². The maximum atomic E-state index is 13.9. The molecular formula is C19H23F2N3O2S. The van der Waals surface area contributed by atoms with Crippen LogP contribution in [-0.2, 0) is 10.0 Å². The number of hydrogen-bond acceptors (Lipinski definition) is 4. The average Bonchev–Trinajstić information content (AvgIpc) is 2.62. The van der Waals surface area contributed by atoms with Crippen LogP contribution >= 0.6 is 0 Å². The van der Waals surface area contributed by atoms with Crippen LogP contribution in [-0.4, -0.2) is 52.6 Å². The largest absolute Gasteiger partial charge is 0.367 e. The molecule has 0 unspecified atom stereocenters. The highest BCUT2D eigenvalue weighted by atomic mass is 32.2. The number of piperazine rings is 1. The van der Waals surface area contributed by atoms with E-state index in [1.807, 2.05) is 11.0 Å². The maximum Gasteiger partial charge on any atom is 0.240 e. The molecule has 0 atom stereocenters. The van der Waals surface area contributed by atoms with Crippen molar-refractivity contribution in [2.24, 2.45) is 0 Å². The Kier molecular flexibility index (Phi) is 6.08. The Balaban J connectivity index is 1.50. The highest BCUT2D eigenvalue weighted by molar-refractivity contribution is 7.89. The van der Waals surface area contributed by atoms with E-state index in [0.717, 1.165) is 19.2 Å². The van der Waals surface area contributed by atoms with Gasteiger partial charge in [-0.15, -0.1) is 0 Å². The smallest absolute Gasteiger partial charge is 0.240 e. The van der Waals surface area contributed by atoms with Crippen LogP contribution in [0.4, 0.5) is 14.5 Å². The summed E-state index contributed by atoms with van der Waals surface area (Å²) in [7, 11) is -3.67. The standard InChI is InChI=1S/C19H23F2N3O2S/c1-15-14-16(20)6-7-19(15)27(25,26)22-8-9-23-10-12-24(13-11-23)18-5-3-2-4-17(18)21/h2-7,14,22H,8-13H2,1H3. The molecule has 1 aliphatic rings. The van der Waals surface area contributed by atoms with Gasteiger partial charge in [-0.05, 0) is 42.8 Å². The molecule has 8 heteroatoms. The third kappa shape index (κ3) is 4.82.